The van der Waals surface area contributed by atoms with Gasteiger partial charge < -0.3 is 14.2 Å². The SMILES string of the molecule is CC/C=C\C/C=C\C/C=C\CCCCCCCC(=O)OC(COC(=O)CCCCCCC/C=C\CCCCCCCC)COC(=O)CCCCCCCCCCCCCCCCCCCC/C=C\C/C=C\C/C=C\CCCCCCC. The van der Waals surface area contributed by atoms with Gasteiger partial charge in [0.15, 0.2) is 6.10 Å². The molecule has 0 saturated carbocycles. The predicted molar refractivity (Wildman–Crippen MR) is 353 cm³/mol. The summed E-state index contributed by atoms with van der Waals surface area (Å²) in [6.07, 6.45) is 91.9. The van der Waals surface area contributed by atoms with Crippen LogP contribution in [0.5, 0.6) is 0 Å². The highest BCUT2D eigenvalue weighted by atomic mass is 16.6. The minimum Gasteiger partial charge on any atom is -0.462 e. The van der Waals surface area contributed by atoms with Gasteiger partial charge in [0.25, 0.3) is 0 Å². The molecule has 0 aliphatic heterocycles. The summed E-state index contributed by atoms with van der Waals surface area (Å²) in [6, 6.07) is 0. The molecule has 81 heavy (non-hydrogen) atoms. The summed E-state index contributed by atoms with van der Waals surface area (Å²) in [6.45, 7) is 6.53. The van der Waals surface area contributed by atoms with Gasteiger partial charge in [-0.25, -0.2) is 0 Å². The molecular weight excluding hydrogens is 997 g/mol. The molecule has 0 fully saturated rings. The van der Waals surface area contributed by atoms with Gasteiger partial charge in [-0.2, -0.15) is 0 Å². The van der Waals surface area contributed by atoms with Gasteiger partial charge in [0.2, 0.25) is 0 Å². The van der Waals surface area contributed by atoms with E-state index in [0.29, 0.717) is 19.3 Å². The molecule has 0 amide bonds. The second-order valence-corrected chi connectivity index (χ2v) is 23.4. The quantitative estimate of drug-likeness (QED) is 0.0261. The van der Waals surface area contributed by atoms with E-state index < -0.39 is 6.10 Å². The number of allylic oxidation sites excluding steroid dienone is 14. The Labute approximate surface area is 503 Å². The van der Waals surface area contributed by atoms with E-state index in [1.807, 2.05) is 0 Å². The molecule has 0 spiro atoms. The van der Waals surface area contributed by atoms with Crippen LogP contribution in [0.25, 0.3) is 0 Å². The normalized spacial score (nSPS) is 12.6. The average molecular weight is 1130 g/mol. The van der Waals surface area contributed by atoms with E-state index in [0.717, 1.165) is 116 Å². The summed E-state index contributed by atoms with van der Waals surface area (Å²) in [5.41, 5.74) is 0. The number of unbranched alkanes of at least 4 members (excludes halogenated alkanes) is 39. The number of hydrogen-bond acceptors (Lipinski definition) is 6. The van der Waals surface area contributed by atoms with Crippen molar-refractivity contribution in [2.45, 2.75) is 361 Å². The van der Waals surface area contributed by atoms with Crippen LogP contribution in [0.15, 0.2) is 85.1 Å². The zero-order valence-corrected chi connectivity index (χ0v) is 53.8. The first kappa shape index (κ1) is 77.6. The first-order valence-electron chi connectivity index (χ1n) is 35.1. The summed E-state index contributed by atoms with van der Waals surface area (Å²) in [7, 11) is 0. The number of hydrogen-bond donors (Lipinski definition) is 0. The van der Waals surface area contributed by atoms with E-state index in [9.17, 15) is 14.4 Å². The van der Waals surface area contributed by atoms with Crippen LogP contribution in [0, 0.1) is 0 Å². The second-order valence-electron chi connectivity index (χ2n) is 23.4. The molecule has 0 N–H and O–H groups in total. The van der Waals surface area contributed by atoms with Crippen molar-refractivity contribution >= 4 is 17.9 Å². The topological polar surface area (TPSA) is 78.9 Å². The molecule has 6 heteroatoms. The lowest BCUT2D eigenvalue weighted by molar-refractivity contribution is -0.167. The summed E-state index contributed by atoms with van der Waals surface area (Å²) < 4.78 is 16.9. The van der Waals surface area contributed by atoms with Crippen LogP contribution in [0.1, 0.15) is 355 Å². The molecule has 6 nitrogen and oxygen atoms in total. The average Bonchev–Trinajstić information content (AvgIpc) is 3.47. The Morgan fingerprint density at radius 2 is 0.481 bits per heavy atom. The lowest BCUT2D eigenvalue weighted by atomic mass is 10.0. The van der Waals surface area contributed by atoms with Crippen LogP contribution >= 0.6 is 0 Å². The van der Waals surface area contributed by atoms with Crippen LogP contribution in [0.3, 0.4) is 0 Å². The molecule has 0 aliphatic carbocycles. The van der Waals surface area contributed by atoms with Crippen molar-refractivity contribution in [2.75, 3.05) is 13.2 Å². The minimum atomic E-state index is -0.789. The summed E-state index contributed by atoms with van der Waals surface area (Å²) in [4.78, 5) is 38.4. The largest absolute Gasteiger partial charge is 0.462 e. The highest BCUT2D eigenvalue weighted by Crippen LogP contribution is 2.17. The van der Waals surface area contributed by atoms with E-state index in [1.54, 1.807) is 0 Å². The molecule has 0 aromatic heterocycles. The smallest absolute Gasteiger partial charge is 0.306 e. The second kappa shape index (κ2) is 69.1. The van der Waals surface area contributed by atoms with Crippen molar-refractivity contribution in [2.24, 2.45) is 0 Å². The summed E-state index contributed by atoms with van der Waals surface area (Å²) >= 11 is 0. The maximum absolute atomic E-state index is 12.9. The number of ether oxygens (including phenoxy) is 3. The Bertz CT molecular complexity index is 1530. The Morgan fingerprint density at radius 3 is 0.765 bits per heavy atom. The number of rotatable bonds is 64. The van der Waals surface area contributed by atoms with Crippen molar-refractivity contribution in [1.29, 1.82) is 0 Å². The maximum Gasteiger partial charge on any atom is 0.306 e. The van der Waals surface area contributed by atoms with Gasteiger partial charge >= 0.3 is 17.9 Å². The van der Waals surface area contributed by atoms with Gasteiger partial charge in [-0.3, -0.25) is 14.4 Å². The Balaban J connectivity index is 4.17. The van der Waals surface area contributed by atoms with E-state index in [4.69, 9.17) is 14.2 Å². The summed E-state index contributed by atoms with van der Waals surface area (Å²) in [5, 5.41) is 0. The molecule has 0 rings (SSSR count). The van der Waals surface area contributed by atoms with Gasteiger partial charge in [0.05, 0.1) is 0 Å². The molecule has 0 radical (unpaired) electrons. The molecule has 1 unspecified atom stereocenters. The Hall–Kier alpha value is -3.41. The predicted octanol–water partition coefficient (Wildman–Crippen LogP) is 24.2. The molecule has 0 aliphatic rings. The van der Waals surface area contributed by atoms with E-state index in [2.05, 4.69) is 106 Å². The van der Waals surface area contributed by atoms with Gasteiger partial charge in [-0.15, -0.1) is 0 Å². The van der Waals surface area contributed by atoms with E-state index >= 15 is 0 Å². The lowest BCUT2D eigenvalue weighted by Gasteiger charge is -2.18. The first-order chi connectivity index (χ1) is 40.0. The first-order valence-corrected chi connectivity index (χ1v) is 35.1. The molecule has 0 heterocycles. The molecule has 0 aromatic carbocycles. The highest BCUT2D eigenvalue weighted by molar-refractivity contribution is 5.71. The fourth-order valence-electron chi connectivity index (χ4n) is 10.1. The molecule has 1 atom stereocenters. The third kappa shape index (κ3) is 67.3. The van der Waals surface area contributed by atoms with Gasteiger partial charge in [-0.05, 0) is 116 Å². The highest BCUT2D eigenvalue weighted by Gasteiger charge is 2.19. The van der Waals surface area contributed by atoms with Crippen molar-refractivity contribution in [3.63, 3.8) is 0 Å². The Morgan fingerprint density at radius 1 is 0.259 bits per heavy atom. The van der Waals surface area contributed by atoms with Gasteiger partial charge in [0, 0.05) is 19.3 Å². The standard InChI is InChI=1S/C75H132O6/c1-4-7-10-13-16-19-22-25-28-29-30-31-32-33-34-35-36-37-38-39-40-41-42-43-44-45-48-50-53-56-59-62-65-68-74(77)80-71-72(81-75(78)69-66-63-60-57-54-51-47-27-24-21-18-15-12-9-6-3)70-79-73(76)67-64-61-58-55-52-49-46-26-23-20-17-14-11-8-5-2/h9,12,18,21-22,25-27,29-30,32-33,46-47,72H,4-8,10-11,13-17,19-20,23-24,28,31,34-45,48-71H2,1-3H3/b12-9-,21-18-,25-22-,30-29-,33-32-,46-26-,47-27-. The molecule has 0 bridgehead atoms. The van der Waals surface area contributed by atoms with E-state index in [1.165, 1.54) is 199 Å². The fraction of sp³-hybridized carbons (Fsp3) is 0.773. The molecule has 0 saturated heterocycles. The van der Waals surface area contributed by atoms with Crippen LogP contribution in [-0.4, -0.2) is 37.2 Å². The maximum atomic E-state index is 12.9. The fourth-order valence-corrected chi connectivity index (χ4v) is 10.1. The number of carbonyl (C=O) groups excluding carboxylic acids is 3. The number of esters is 3. The van der Waals surface area contributed by atoms with Crippen molar-refractivity contribution < 1.29 is 28.6 Å². The Kier molecular flexibility index (Phi) is 66.2. The van der Waals surface area contributed by atoms with Crippen molar-refractivity contribution in [1.82, 2.24) is 0 Å². The molecular formula is C75H132O6. The zero-order valence-electron chi connectivity index (χ0n) is 53.8. The third-order valence-electron chi connectivity index (χ3n) is 15.4. The zero-order chi connectivity index (χ0) is 58.5. The lowest BCUT2D eigenvalue weighted by Crippen LogP contribution is -2.30. The van der Waals surface area contributed by atoms with Crippen LogP contribution in [0.4, 0.5) is 0 Å². The van der Waals surface area contributed by atoms with E-state index in [-0.39, 0.29) is 31.1 Å². The molecule has 0 aromatic rings. The third-order valence-corrected chi connectivity index (χ3v) is 15.4. The monoisotopic (exact) mass is 1130 g/mol. The van der Waals surface area contributed by atoms with Crippen LogP contribution < -0.4 is 0 Å². The van der Waals surface area contributed by atoms with Crippen molar-refractivity contribution in [3.8, 4) is 0 Å². The van der Waals surface area contributed by atoms with Crippen LogP contribution in [0.2, 0.25) is 0 Å². The summed E-state index contributed by atoms with van der Waals surface area (Å²) in [5.74, 6) is -0.893. The van der Waals surface area contributed by atoms with Gasteiger partial charge in [0.1, 0.15) is 13.2 Å². The van der Waals surface area contributed by atoms with Crippen LogP contribution in [-0.2, 0) is 28.6 Å². The van der Waals surface area contributed by atoms with Crippen molar-refractivity contribution in [3.05, 3.63) is 85.1 Å². The minimum absolute atomic E-state index is 0.0833. The van der Waals surface area contributed by atoms with Gasteiger partial charge in [-0.1, -0.05) is 305 Å². The number of carbonyl (C=O) groups is 3. The molecule has 468 valence electrons.